The second-order valence-electron chi connectivity index (χ2n) is 8.50. The molecule has 3 heterocycles. The van der Waals surface area contributed by atoms with Gasteiger partial charge in [-0.15, -0.1) is 11.3 Å². The van der Waals surface area contributed by atoms with Crippen molar-refractivity contribution in [2.24, 2.45) is 7.05 Å². The Balaban J connectivity index is 1.53. The second-order valence-corrected chi connectivity index (χ2v) is 9.48. The molecule has 0 saturated carbocycles. The number of aryl methyl sites for hydroxylation is 1. The molecule has 35 heavy (non-hydrogen) atoms. The van der Waals surface area contributed by atoms with E-state index in [4.69, 9.17) is 4.74 Å². The molecule has 1 atom stereocenters. The highest BCUT2D eigenvalue weighted by atomic mass is 32.1. The number of para-hydroxylation sites is 1. The molecule has 0 radical (unpaired) electrons. The van der Waals surface area contributed by atoms with Crippen molar-refractivity contribution in [3.63, 3.8) is 0 Å². The van der Waals surface area contributed by atoms with Crippen LogP contribution in [0.3, 0.4) is 0 Å². The smallest absolute Gasteiger partial charge is 0.295 e. The average Bonchev–Trinajstić information content (AvgIpc) is 3.57. The molecule has 6 nitrogen and oxygen atoms in total. The monoisotopic (exact) mass is 486 g/mol. The zero-order valence-corrected chi connectivity index (χ0v) is 20.4. The Kier molecular flexibility index (Phi) is 6.17. The number of benzene rings is 2. The normalized spacial score (nSPS) is 17.4. The molecule has 4 aromatic rings. The molecule has 0 spiro atoms. The minimum atomic E-state index is -0.666. The molecule has 1 unspecified atom stereocenters. The second kappa shape index (κ2) is 9.43. The summed E-state index contributed by atoms with van der Waals surface area (Å²) in [5.41, 5.74) is 2.79. The number of carbonyl (C=O) groups excluding carboxylic acids is 2. The minimum Gasteiger partial charge on any atom is -0.507 e. The standard InChI is InChI=1S/C28H26N2O4S/c1-3-34-20-9-6-8-18(16-20)26(31)24-25(23-12-7-15-35-23)30(28(33)27(24)32)14-13-19-17-29(2)22-11-5-4-10-21(19)22/h4-12,15-17,25,31H,3,13-14H2,1-2H3/b26-24-. The largest absolute Gasteiger partial charge is 0.507 e. The molecule has 2 aromatic carbocycles. The van der Waals surface area contributed by atoms with Crippen molar-refractivity contribution in [3.05, 3.63) is 93.8 Å². The number of nitrogens with zero attached hydrogens (tertiary/aromatic N) is 2. The topological polar surface area (TPSA) is 71.8 Å². The van der Waals surface area contributed by atoms with Crippen LogP contribution in [0.4, 0.5) is 0 Å². The van der Waals surface area contributed by atoms with Gasteiger partial charge in [-0.1, -0.05) is 36.4 Å². The molecule has 1 amide bonds. The van der Waals surface area contributed by atoms with Crippen LogP contribution in [-0.4, -0.2) is 39.4 Å². The number of thiophene rings is 1. The highest BCUT2D eigenvalue weighted by Gasteiger charge is 2.46. The summed E-state index contributed by atoms with van der Waals surface area (Å²) in [5, 5.41) is 14.3. The van der Waals surface area contributed by atoms with Gasteiger partial charge in [-0.3, -0.25) is 9.59 Å². The van der Waals surface area contributed by atoms with Gasteiger partial charge in [0.15, 0.2) is 0 Å². The van der Waals surface area contributed by atoms with Gasteiger partial charge >= 0.3 is 0 Å². The highest BCUT2D eigenvalue weighted by Crippen LogP contribution is 2.41. The van der Waals surface area contributed by atoms with Gasteiger partial charge in [0.05, 0.1) is 18.2 Å². The van der Waals surface area contributed by atoms with Crippen LogP contribution in [0.2, 0.25) is 0 Å². The molecule has 1 aliphatic rings. The van der Waals surface area contributed by atoms with Crippen LogP contribution in [-0.2, 0) is 23.1 Å². The first kappa shape index (κ1) is 22.9. The number of likely N-dealkylation sites (tertiary alicyclic amines) is 1. The fraction of sp³-hybridized carbons (Fsp3) is 0.214. The summed E-state index contributed by atoms with van der Waals surface area (Å²) in [6, 6.07) is 18.2. The summed E-state index contributed by atoms with van der Waals surface area (Å²) in [4.78, 5) is 28.9. The SMILES string of the molecule is CCOc1cccc(/C(O)=C2/C(=O)C(=O)N(CCc3cn(C)c4ccccc34)C2c2cccs2)c1. The van der Waals surface area contributed by atoms with Crippen LogP contribution in [0.25, 0.3) is 16.7 Å². The van der Waals surface area contributed by atoms with E-state index in [1.165, 1.54) is 11.3 Å². The van der Waals surface area contributed by atoms with E-state index < -0.39 is 17.7 Å². The van der Waals surface area contributed by atoms with Crippen molar-refractivity contribution >= 4 is 39.7 Å². The summed E-state index contributed by atoms with van der Waals surface area (Å²) in [6.45, 7) is 2.72. The first-order valence-corrected chi connectivity index (χ1v) is 12.5. The number of aliphatic hydroxyl groups is 1. The molecule has 1 saturated heterocycles. The summed E-state index contributed by atoms with van der Waals surface area (Å²) < 4.78 is 7.63. The van der Waals surface area contributed by atoms with Crippen molar-refractivity contribution in [1.82, 2.24) is 9.47 Å². The molecular formula is C28H26N2O4S. The number of ketones is 1. The van der Waals surface area contributed by atoms with E-state index in [1.54, 1.807) is 29.2 Å². The van der Waals surface area contributed by atoms with E-state index in [-0.39, 0.29) is 11.3 Å². The zero-order valence-electron chi connectivity index (χ0n) is 19.6. The number of fused-ring (bicyclic) bond motifs is 1. The molecule has 1 N–H and O–H groups in total. The molecule has 0 bridgehead atoms. The first-order chi connectivity index (χ1) is 17.0. The van der Waals surface area contributed by atoms with Crippen molar-refractivity contribution in [1.29, 1.82) is 0 Å². The number of aromatic nitrogens is 1. The molecule has 1 fully saturated rings. The minimum absolute atomic E-state index is 0.115. The number of amides is 1. The van der Waals surface area contributed by atoms with E-state index >= 15 is 0 Å². The Hall–Kier alpha value is -3.84. The number of aliphatic hydroxyl groups excluding tert-OH is 1. The third-order valence-electron chi connectivity index (χ3n) is 6.37. The van der Waals surface area contributed by atoms with Crippen molar-refractivity contribution in [3.8, 4) is 5.75 Å². The number of ether oxygens (including phenoxy) is 1. The van der Waals surface area contributed by atoms with Gasteiger partial charge in [0.2, 0.25) is 0 Å². The molecule has 0 aliphatic carbocycles. The zero-order chi connectivity index (χ0) is 24.5. The van der Waals surface area contributed by atoms with Crippen LogP contribution >= 0.6 is 11.3 Å². The Bertz CT molecular complexity index is 1430. The first-order valence-electron chi connectivity index (χ1n) is 11.6. The highest BCUT2D eigenvalue weighted by molar-refractivity contribution is 7.10. The number of rotatable bonds is 7. The van der Waals surface area contributed by atoms with Gasteiger partial charge in [-0.05, 0) is 48.6 Å². The molecular weight excluding hydrogens is 460 g/mol. The van der Waals surface area contributed by atoms with Crippen LogP contribution in [0.1, 0.15) is 29.0 Å². The summed E-state index contributed by atoms with van der Waals surface area (Å²) in [6.07, 6.45) is 2.66. The fourth-order valence-electron chi connectivity index (χ4n) is 4.77. The van der Waals surface area contributed by atoms with Crippen LogP contribution in [0.5, 0.6) is 5.75 Å². The third kappa shape index (κ3) is 4.12. The molecule has 5 rings (SSSR count). The fourth-order valence-corrected chi connectivity index (χ4v) is 5.62. The lowest BCUT2D eigenvalue weighted by Gasteiger charge is -2.24. The molecule has 1 aliphatic heterocycles. The van der Waals surface area contributed by atoms with Gasteiger partial charge < -0.3 is 19.3 Å². The number of carbonyl (C=O) groups is 2. The molecule has 7 heteroatoms. The van der Waals surface area contributed by atoms with Crippen molar-refractivity contribution in [2.75, 3.05) is 13.2 Å². The summed E-state index contributed by atoms with van der Waals surface area (Å²) in [7, 11) is 2.00. The van der Waals surface area contributed by atoms with Gasteiger partial charge in [0.1, 0.15) is 11.5 Å². The Morgan fingerprint density at radius 2 is 1.91 bits per heavy atom. The van der Waals surface area contributed by atoms with E-state index in [0.717, 1.165) is 21.3 Å². The average molecular weight is 487 g/mol. The maximum absolute atomic E-state index is 13.2. The lowest BCUT2D eigenvalue weighted by molar-refractivity contribution is -0.139. The maximum atomic E-state index is 13.2. The predicted octanol–water partition coefficient (Wildman–Crippen LogP) is 5.30. The lowest BCUT2D eigenvalue weighted by atomic mass is 9.99. The van der Waals surface area contributed by atoms with Gasteiger partial charge in [0, 0.05) is 41.1 Å². The Morgan fingerprint density at radius 3 is 2.69 bits per heavy atom. The van der Waals surface area contributed by atoms with Gasteiger partial charge in [-0.2, -0.15) is 0 Å². The van der Waals surface area contributed by atoms with Crippen LogP contribution in [0.15, 0.2) is 77.8 Å². The number of Topliss-reactive ketones (excluding diaryl/α,β-unsaturated/α-hetero) is 1. The maximum Gasteiger partial charge on any atom is 0.295 e. The van der Waals surface area contributed by atoms with Crippen molar-refractivity contribution in [2.45, 2.75) is 19.4 Å². The number of hydrogen-bond donors (Lipinski definition) is 1. The van der Waals surface area contributed by atoms with E-state index in [2.05, 4.69) is 22.9 Å². The van der Waals surface area contributed by atoms with Crippen LogP contribution in [0, 0.1) is 0 Å². The molecule has 178 valence electrons. The van der Waals surface area contributed by atoms with Gasteiger partial charge in [0.25, 0.3) is 11.7 Å². The number of hydrogen-bond acceptors (Lipinski definition) is 5. The van der Waals surface area contributed by atoms with E-state index in [9.17, 15) is 14.7 Å². The third-order valence-corrected chi connectivity index (χ3v) is 7.30. The molecule has 2 aromatic heterocycles. The van der Waals surface area contributed by atoms with Crippen LogP contribution < -0.4 is 4.74 Å². The lowest BCUT2D eigenvalue weighted by Crippen LogP contribution is -2.31. The van der Waals surface area contributed by atoms with E-state index in [1.807, 2.05) is 43.6 Å². The quantitative estimate of drug-likeness (QED) is 0.219. The van der Waals surface area contributed by atoms with Gasteiger partial charge in [-0.25, -0.2) is 0 Å². The van der Waals surface area contributed by atoms with Crippen molar-refractivity contribution < 1.29 is 19.4 Å². The van der Waals surface area contributed by atoms with E-state index in [0.29, 0.717) is 30.9 Å². The Labute approximate surface area is 207 Å². The summed E-state index contributed by atoms with van der Waals surface area (Å²) >= 11 is 1.46. The summed E-state index contributed by atoms with van der Waals surface area (Å²) in [5.74, 6) is -0.850. The predicted molar refractivity (Wildman–Crippen MR) is 138 cm³/mol. The Morgan fingerprint density at radius 1 is 1.09 bits per heavy atom.